The highest BCUT2D eigenvalue weighted by molar-refractivity contribution is 4.79. The van der Waals surface area contributed by atoms with Crippen LogP contribution >= 0.6 is 0 Å². The van der Waals surface area contributed by atoms with E-state index in [0.717, 1.165) is 19.6 Å². The second-order valence-electron chi connectivity index (χ2n) is 4.12. The molecule has 0 bridgehead atoms. The zero-order chi connectivity index (χ0) is 10.4. The van der Waals surface area contributed by atoms with Gasteiger partial charge in [0, 0.05) is 19.2 Å². The molecule has 80 valence electrons. The molecule has 1 aliphatic heterocycles. The number of nitriles is 1. The summed E-state index contributed by atoms with van der Waals surface area (Å²) in [6.07, 6.45) is 4.60. The quantitative estimate of drug-likeness (QED) is 0.672. The Hall–Kier alpha value is -0.590. The normalized spacial score (nSPS) is 23.7. The van der Waals surface area contributed by atoms with E-state index in [1.807, 2.05) is 0 Å². The molecular weight excluding hydrogens is 176 g/mol. The van der Waals surface area contributed by atoms with Gasteiger partial charge in [-0.15, -0.1) is 0 Å². The Bertz CT molecular complexity index is 194. The van der Waals surface area contributed by atoms with Crippen molar-refractivity contribution in [1.29, 1.82) is 5.26 Å². The molecule has 1 heterocycles. The summed E-state index contributed by atoms with van der Waals surface area (Å²) in [5.74, 6) is 0. The molecule has 0 aromatic carbocycles. The minimum Gasteiger partial charge on any atom is -0.378 e. The second kappa shape index (κ2) is 6.00. The molecule has 0 saturated carbocycles. The van der Waals surface area contributed by atoms with E-state index in [1.54, 1.807) is 0 Å². The molecule has 1 aliphatic rings. The van der Waals surface area contributed by atoms with E-state index in [4.69, 9.17) is 10.00 Å². The van der Waals surface area contributed by atoms with Crippen molar-refractivity contribution in [2.75, 3.05) is 20.2 Å². The molecule has 2 atom stereocenters. The Balaban J connectivity index is 2.13. The topological polar surface area (TPSA) is 36.3 Å². The summed E-state index contributed by atoms with van der Waals surface area (Å²) in [5, 5.41) is 8.56. The number of ether oxygens (including phenoxy) is 1. The summed E-state index contributed by atoms with van der Waals surface area (Å²) in [4.78, 5) is 2.24. The summed E-state index contributed by atoms with van der Waals surface area (Å²) >= 11 is 0. The first kappa shape index (κ1) is 11.5. The minimum absolute atomic E-state index is 0.362. The van der Waals surface area contributed by atoms with Gasteiger partial charge in [0.2, 0.25) is 0 Å². The van der Waals surface area contributed by atoms with Crippen molar-refractivity contribution < 1.29 is 4.74 Å². The summed E-state index contributed by atoms with van der Waals surface area (Å²) in [6.45, 7) is 4.06. The van der Waals surface area contributed by atoms with Crippen LogP contribution in [0.1, 0.15) is 32.6 Å². The molecule has 3 nitrogen and oxygen atoms in total. The van der Waals surface area contributed by atoms with E-state index in [1.165, 1.54) is 12.8 Å². The van der Waals surface area contributed by atoms with Gasteiger partial charge in [0.05, 0.1) is 18.6 Å². The smallest absolute Gasteiger partial charge is 0.0638 e. The monoisotopic (exact) mass is 196 g/mol. The van der Waals surface area contributed by atoms with E-state index < -0.39 is 0 Å². The summed E-state index contributed by atoms with van der Waals surface area (Å²) in [5.41, 5.74) is 0. The van der Waals surface area contributed by atoms with Crippen LogP contribution < -0.4 is 0 Å². The largest absolute Gasteiger partial charge is 0.378 e. The Morgan fingerprint density at radius 3 is 3.00 bits per heavy atom. The van der Waals surface area contributed by atoms with E-state index in [2.05, 4.69) is 24.9 Å². The number of hydrogen-bond donors (Lipinski definition) is 0. The molecule has 14 heavy (non-hydrogen) atoms. The van der Waals surface area contributed by atoms with Crippen molar-refractivity contribution >= 4 is 0 Å². The van der Waals surface area contributed by atoms with Crippen LogP contribution in [-0.4, -0.2) is 37.2 Å². The molecule has 1 rings (SSSR count). The predicted molar refractivity (Wildman–Crippen MR) is 55.9 cm³/mol. The summed E-state index contributed by atoms with van der Waals surface area (Å²) in [7, 11) is 2.08. The highest BCUT2D eigenvalue weighted by Gasteiger charge is 2.17. The molecular formula is C11H20N2O. The fourth-order valence-corrected chi connectivity index (χ4v) is 1.73. The van der Waals surface area contributed by atoms with E-state index in [9.17, 15) is 0 Å². The molecule has 2 unspecified atom stereocenters. The number of hydrogen-bond acceptors (Lipinski definition) is 3. The number of nitrogens with zero attached hydrogens (tertiary/aromatic N) is 2. The molecule has 0 N–H and O–H groups in total. The van der Waals surface area contributed by atoms with E-state index in [0.29, 0.717) is 18.6 Å². The first-order valence-corrected chi connectivity index (χ1v) is 5.43. The average Bonchev–Trinajstić information content (AvgIpc) is 2.67. The second-order valence-corrected chi connectivity index (χ2v) is 4.12. The zero-order valence-corrected chi connectivity index (χ0v) is 9.20. The van der Waals surface area contributed by atoms with Gasteiger partial charge in [-0.1, -0.05) is 0 Å². The van der Waals surface area contributed by atoms with Gasteiger partial charge >= 0.3 is 0 Å². The molecule has 1 saturated heterocycles. The Morgan fingerprint density at radius 2 is 2.43 bits per heavy atom. The lowest BCUT2D eigenvalue weighted by molar-refractivity contribution is 0.0910. The Labute approximate surface area is 86.6 Å². The maximum Gasteiger partial charge on any atom is 0.0638 e. The van der Waals surface area contributed by atoms with Crippen molar-refractivity contribution in [2.45, 2.75) is 44.8 Å². The molecule has 3 heteroatoms. The molecule has 0 aromatic rings. The van der Waals surface area contributed by atoms with Gasteiger partial charge < -0.3 is 9.64 Å². The van der Waals surface area contributed by atoms with Crippen LogP contribution in [-0.2, 0) is 4.74 Å². The molecule has 0 aliphatic carbocycles. The first-order valence-electron chi connectivity index (χ1n) is 5.43. The first-order chi connectivity index (χ1) is 6.74. The van der Waals surface area contributed by atoms with Gasteiger partial charge in [-0.3, -0.25) is 0 Å². The van der Waals surface area contributed by atoms with Crippen LogP contribution in [0.25, 0.3) is 0 Å². The molecule has 0 spiro atoms. The Kier molecular flexibility index (Phi) is 4.92. The maximum absolute atomic E-state index is 8.56. The highest BCUT2D eigenvalue weighted by Crippen LogP contribution is 2.16. The van der Waals surface area contributed by atoms with Gasteiger partial charge in [0.25, 0.3) is 0 Å². The van der Waals surface area contributed by atoms with E-state index in [-0.39, 0.29) is 0 Å². The van der Waals surface area contributed by atoms with Crippen molar-refractivity contribution in [3.63, 3.8) is 0 Å². The lowest BCUT2D eigenvalue weighted by atomic mass is 10.1. The van der Waals surface area contributed by atoms with Crippen LogP contribution in [0.5, 0.6) is 0 Å². The summed E-state index contributed by atoms with van der Waals surface area (Å²) < 4.78 is 5.55. The maximum atomic E-state index is 8.56. The summed E-state index contributed by atoms with van der Waals surface area (Å²) in [6, 6.07) is 2.57. The molecule has 1 fully saturated rings. The van der Waals surface area contributed by atoms with E-state index >= 15 is 0 Å². The van der Waals surface area contributed by atoms with Gasteiger partial charge in [0.15, 0.2) is 0 Å². The van der Waals surface area contributed by atoms with Gasteiger partial charge in [-0.2, -0.15) is 5.26 Å². The van der Waals surface area contributed by atoms with Crippen LogP contribution in [0.15, 0.2) is 0 Å². The van der Waals surface area contributed by atoms with Gasteiger partial charge in [-0.05, 0) is 33.2 Å². The molecule has 0 radical (unpaired) electrons. The fraction of sp³-hybridized carbons (Fsp3) is 0.909. The SMILES string of the molecule is CC(CC#N)N(C)CCC1CCCO1. The number of rotatable bonds is 5. The minimum atomic E-state index is 0.362. The predicted octanol–water partition coefficient (Wildman–Crippen LogP) is 1.79. The third kappa shape index (κ3) is 3.65. The third-order valence-corrected chi connectivity index (χ3v) is 2.97. The van der Waals surface area contributed by atoms with Crippen LogP contribution in [0.4, 0.5) is 0 Å². The van der Waals surface area contributed by atoms with Crippen LogP contribution in [0.2, 0.25) is 0 Å². The van der Waals surface area contributed by atoms with Gasteiger partial charge in [0.1, 0.15) is 0 Å². The zero-order valence-electron chi connectivity index (χ0n) is 9.20. The van der Waals surface area contributed by atoms with Crippen LogP contribution in [0.3, 0.4) is 0 Å². The van der Waals surface area contributed by atoms with Crippen molar-refractivity contribution in [3.8, 4) is 6.07 Å². The third-order valence-electron chi connectivity index (χ3n) is 2.97. The van der Waals surface area contributed by atoms with Crippen molar-refractivity contribution in [1.82, 2.24) is 4.90 Å². The standard InChI is InChI=1S/C11H20N2O/c1-10(5-7-12)13(2)8-6-11-4-3-9-14-11/h10-11H,3-6,8-9H2,1-2H3. The fourth-order valence-electron chi connectivity index (χ4n) is 1.73. The molecule has 0 amide bonds. The highest BCUT2D eigenvalue weighted by atomic mass is 16.5. The van der Waals surface area contributed by atoms with Crippen LogP contribution in [0, 0.1) is 11.3 Å². The van der Waals surface area contributed by atoms with Crippen molar-refractivity contribution in [2.24, 2.45) is 0 Å². The van der Waals surface area contributed by atoms with Crippen molar-refractivity contribution in [3.05, 3.63) is 0 Å². The lowest BCUT2D eigenvalue weighted by Gasteiger charge is -2.23. The Morgan fingerprint density at radius 1 is 1.64 bits per heavy atom. The van der Waals surface area contributed by atoms with Gasteiger partial charge in [-0.25, -0.2) is 0 Å². The molecule has 0 aromatic heterocycles. The lowest BCUT2D eigenvalue weighted by Crippen LogP contribution is -2.31. The average molecular weight is 196 g/mol.